The van der Waals surface area contributed by atoms with Gasteiger partial charge in [0.05, 0.1) is 19.4 Å². The molecule has 2 N–H and O–H groups in total. The highest BCUT2D eigenvalue weighted by atomic mass is 32.2. The number of carbonyl (C=O) groups is 1. The summed E-state index contributed by atoms with van der Waals surface area (Å²) in [5.74, 6) is -0.972. The fraction of sp³-hybridized carbons (Fsp3) is 0.643. The topological polar surface area (TPSA) is 103 Å². The second-order valence-electron chi connectivity index (χ2n) is 5.13. The summed E-state index contributed by atoms with van der Waals surface area (Å²) in [4.78, 5) is 27.1. The van der Waals surface area contributed by atoms with Gasteiger partial charge in [-0.3, -0.25) is 9.88 Å². The normalized spacial score (nSPS) is 20.1. The second kappa shape index (κ2) is 9.00. The van der Waals surface area contributed by atoms with Crippen molar-refractivity contribution < 1.29 is 23.8 Å². The number of aromatic nitrogens is 2. The van der Waals surface area contributed by atoms with E-state index >= 15 is 0 Å². The van der Waals surface area contributed by atoms with Crippen molar-refractivity contribution in [2.75, 3.05) is 24.3 Å². The lowest BCUT2D eigenvalue weighted by Gasteiger charge is -2.14. The molecule has 1 amide bonds. The monoisotopic (exact) mass is 361 g/mol. The van der Waals surface area contributed by atoms with Gasteiger partial charge in [-0.1, -0.05) is 19.8 Å². The molecule has 134 valence electrons. The van der Waals surface area contributed by atoms with Gasteiger partial charge in [-0.2, -0.15) is 4.98 Å². The van der Waals surface area contributed by atoms with Crippen LogP contribution in [0.3, 0.4) is 0 Å². The minimum Gasteiger partial charge on any atom is -0.449 e. The summed E-state index contributed by atoms with van der Waals surface area (Å²) in [5.41, 5.74) is -1.22. The number of anilines is 1. The van der Waals surface area contributed by atoms with Crippen LogP contribution in [-0.2, 0) is 9.47 Å². The minimum atomic E-state index is -0.874. The molecule has 0 spiro atoms. The van der Waals surface area contributed by atoms with E-state index in [1.54, 1.807) is 0 Å². The zero-order valence-electron chi connectivity index (χ0n) is 13.2. The molecule has 0 saturated carbocycles. The van der Waals surface area contributed by atoms with Gasteiger partial charge in [-0.15, -0.1) is 11.8 Å². The van der Waals surface area contributed by atoms with Crippen molar-refractivity contribution in [3.63, 3.8) is 0 Å². The van der Waals surface area contributed by atoms with E-state index in [9.17, 15) is 14.0 Å². The molecule has 1 aromatic rings. The van der Waals surface area contributed by atoms with Crippen molar-refractivity contribution in [2.45, 2.75) is 37.9 Å². The number of unbranched alkanes of at least 4 members (excludes halogenated alkanes) is 2. The highest BCUT2D eigenvalue weighted by molar-refractivity contribution is 8.00. The Balaban J connectivity index is 1.99. The first-order valence-corrected chi connectivity index (χ1v) is 8.70. The molecular formula is C14H20FN3O5S. The lowest BCUT2D eigenvalue weighted by atomic mass is 10.3. The summed E-state index contributed by atoms with van der Waals surface area (Å²) >= 11 is 1.32. The van der Waals surface area contributed by atoms with Gasteiger partial charge in [0.1, 0.15) is 11.7 Å². The fourth-order valence-electron chi connectivity index (χ4n) is 2.07. The fourth-order valence-corrected chi connectivity index (χ4v) is 3.00. The van der Waals surface area contributed by atoms with Gasteiger partial charge >= 0.3 is 11.8 Å². The molecule has 8 nitrogen and oxygen atoms in total. The van der Waals surface area contributed by atoms with Crippen molar-refractivity contribution in [1.29, 1.82) is 0 Å². The summed E-state index contributed by atoms with van der Waals surface area (Å²) in [6, 6.07) is 0. The Morgan fingerprint density at radius 3 is 3.08 bits per heavy atom. The molecule has 1 fully saturated rings. The minimum absolute atomic E-state index is 0.199. The summed E-state index contributed by atoms with van der Waals surface area (Å²) in [6.07, 6.45) is 1.97. The number of halogens is 1. The molecular weight excluding hydrogens is 341 g/mol. The Bertz CT molecular complexity index is 627. The van der Waals surface area contributed by atoms with Gasteiger partial charge in [-0.05, 0) is 6.42 Å². The van der Waals surface area contributed by atoms with Crippen molar-refractivity contribution >= 4 is 23.7 Å². The van der Waals surface area contributed by atoms with Gasteiger partial charge in [0.25, 0.3) is 0 Å². The first-order chi connectivity index (χ1) is 11.5. The van der Waals surface area contributed by atoms with Crippen LogP contribution >= 0.6 is 11.8 Å². The average molecular weight is 361 g/mol. The Morgan fingerprint density at radius 1 is 1.62 bits per heavy atom. The zero-order chi connectivity index (χ0) is 17.5. The Kier molecular flexibility index (Phi) is 7.00. The van der Waals surface area contributed by atoms with Crippen LogP contribution in [0.1, 0.15) is 32.4 Å². The van der Waals surface area contributed by atoms with Crippen LogP contribution in [0.2, 0.25) is 0 Å². The maximum absolute atomic E-state index is 14.1. The number of hydrogen-bond donors (Lipinski definition) is 2. The first kappa shape index (κ1) is 18.7. The molecule has 1 aliphatic rings. The highest BCUT2D eigenvalue weighted by Gasteiger charge is 2.28. The highest BCUT2D eigenvalue weighted by Crippen LogP contribution is 2.30. The van der Waals surface area contributed by atoms with Crippen LogP contribution in [0.4, 0.5) is 15.0 Å². The number of amides is 1. The summed E-state index contributed by atoms with van der Waals surface area (Å²) in [5, 5.41) is 11.1. The number of thioether (sulfide) groups is 1. The number of nitrogens with zero attached hydrogens (tertiary/aromatic N) is 2. The lowest BCUT2D eigenvalue weighted by Crippen LogP contribution is -2.30. The molecule has 0 unspecified atom stereocenters. The van der Waals surface area contributed by atoms with E-state index in [4.69, 9.17) is 14.6 Å². The molecule has 0 aliphatic carbocycles. The van der Waals surface area contributed by atoms with Crippen LogP contribution in [0.15, 0.2) is 11.0 Å². The van der Waals surface area contributed by atoms with E-state index in [-0.39, 0.29) is 13.2 Å². The van der Waals surface area contributed by atoms with Gasteiger partial charge in [0, 0.05) is 5.75 Å². The predicted molar refractivity (Wildman–Crippen MR) is 86.4 cm³/mol. The molecule has 2 rings (SSSR count). The largest absolute Gasteiger partial charge is 0.449 e. The quantitative estimate of drug-likeness (QED) is 0.713. The van der Waals surface area contributed by atoms with E-state index in [0.29, 0.717) is 12.2 Å². The van der Waals surface area contributed by atoms with Crippen LogP contribution in [0, 0.1) is 5.82 Å². The smallest absolute Gasteiger partial charge is 0.412 e. The van der Waals surface area contributed by atoms with E-state index in [2.05, 4.69) is 10.3 Å². The van der Waals surface area contributed by atoms with Gasteiger partial charge < -0.3 is 14.6 Å². The maximum Gasteiger partial charge on any atom is 0.412 e. The Hall–Kier alpha value is -1.65. The van der Waals surface area contributed by atoms with Crippen LogP contribution in [-0.4, -0.2) is 45.2 Å². The Morgan fingerprint density at radius 2 is 2.42 bits per heavy atom. The molecule has 2 heterocycles. The molecule has 1 aliphatic heterocycles. The molecule has 1 saturated heterocycles. The summed E-state index contributed by atoms with van der Waals surface area (Å²) in [6.45, 7) is 2.03. The number of rotatable bonds is 7. The molecule has 1 aromatic heterocycles. The van der Waals surface area contributed by atoms with Crippen LogP contribution in [0.25, 0.3) is 0 Å². The molecule has 10 heteroatoms. The second-order valence-corrected chi connectivity index (χ2v) is 6.32. The van der Waals surface area contributed by atoms with Crippen molar-refractivity contribution in [2.24, 2.45) is 0 Å². The van der Waals surface area contributed by atoms with Crippen molar-refractivity contribution in [3.8, 4) is 0 Å². The van der Waals surface area contributed by atoms with E-state index in [1.807, 2.05) is 6.92 Å². The third kappa shape index (κ3) is 4.92. The number of nitrogens with one attached hydrogen (secondary N) is 1. The molecule has 2 atom stereocenters. The number of carbonyl (C=O) groups excluding carboxylic acids is 1. The van der Waals surface area contributed by atoms with Crippen LogP contribution < -0.4 is 11.0 Å². The van der Waals surface area contributed by atoms with Crippen molar-refractivity contribution in [3.05, 3.63) is 22.5 Å². The maximum atomic E-state index is 14.1. The van der Waals surface area contributed by atoms with E-state index in [0.717, 1.165) is 23.6 Å². The summed E-state index contributed by atoms with van der Waals surface area (Å²) < 4.78 is 25.3. The predicted octanol–water partition coefficient (Wildman–Crippen LogP) is 1.70. The zero-order valence-corrected chi connectivity index (χ0v) is 14.1. The number of aliphatic hydroxyl groups excluding tert-OH is 1. The molecule has 24 heavy (non-hydrogen) atoms. The first-order valence-electron chi connectivity index (χ1n) is 7.65. The van der Waals surface area contributed by atoms with E-state index in [1.165, 1.54) is 11.8 Å². The van der Waals surface area contributed by atoms with Gasteiger partial charge in [0.15, 0.2) is 11.6 Å². The van der Waals surface area contributed by atoms with E-state index < -0.39 is 35.1 Å². The standard InChI is InChI=1S/C14H20FN3O5S/c1-2-3-4-5-22-14(21)17-12-9(15)6-18(13(20)16-12)10-8-24-11(7-19)23-10/h6,10-11,19H,2-5,7-8H2,1H3,(H,16,17,20,21)/t10-,11+/m0/s1. The third-order valence-electron chi connectivity index (χ3n) is 3.30. The SMILES string of the molecule is CCCCCOC(=O)Nc1nc(=O)n([C@@H]2CS[C@H](CO)O2)cc1F. The lowest BCUT2D eigenvalue weighted by molar-refractivity contribution is -0.00677. The Labute approximate surface area is 142 Å². The van der Waals surface area contributed by atoms with Crippen LogP contribution in [0.5, 0.6) is 0 Å². The third-order valence-corrected chi connectivity index (χ3v) is 4.41. The molecule has 0 radical (unpaired) electrons. The summed E-state index contributed by atoms with van der Waals surface area (Å²) in [7, 11) is 0. The number of hydrogen-bond acceptors (Lipinski definition) is 7. The number of aliphatic hydroxyl groups is 1. The average Bonchev–Trinajstić information content (AvgIpc) is 3.03. The number of ether oxygens (including phenoxy) is 2. The van der Waals surface area contributed by atoms with Crippen molar-refractivity contribution in [1.82, 2.24) is 9.55 Å². The molecule has 0 aromatic carbocycles. The molecule has 0 bridgehead atoms. The van der Waals surface area contributed by atoms with Gasteiger partial charge in [0.2, 0.25) is 0 Å². The van der Waals surface area contributed by atoms with Gasteiger partial charge in [-0.25, -0.2) is 14.0 Å².